The first-order chi connectivity index (χ1) is 16.5. The van der Waals surface area contributed by atoms with Crippen LogP contribution in [0.2, 0.25) is 0 Å². The molecule has 2 aromatic carbocycles. The summed E-state index contributed by atoms with van der Waals surface area (Å²) >= 11 is 0. The Bertz CT molecular complexity index is 1010. The van der Waals surface area contributed by atoms with Crippen molar-refractivity contribution in [2.75, 3.05) is 6.61 Å². The summed E-state index contributed by atoms with van der Waals surface area (Å²) in [5.74, 6) is -1.55. The minimum absolute atomic E-state index is 0.0232. The first-order valence-electron chi connectivity index (χ1n) is 12.1. The van der Waals surface area contributed by atoms with Gasteiger partial charge in [-0.1, -0.05) is 68.3 Å². The average Bonchev–Trinajstić information content (AvgIpc) is 3.16. The predicted molar refractivity (Wildman–Crippen MR) is 128 cm³/mol. The lowest BCUT2D eigenvalue weighted by Gasteiger charge is -2.32. The quantitative estimate of drug-likeness (QED) is 0.535. The second kappa shape index (κ2) is 10.7. The third-order valence-electron chi connectivity index (χ3n) is 7.01. The predicted octanol–water partition coefficient (Wildman–Crippen LogP) is 4.45. The number of nitrogens with one attached hydrogen (secondary N) is 2. The zero-order valence-electron chi connectivity index (χ0n) is 19.5. The molecule has 2 aliphatic carbocycles. The summed E-state index contributed by atoms with van der Waals surface area (Å²) in [5.41, 5.74) is 4.64. The van der Waals surface area contributed by atoms with Gasteiger partial charge in [-0.05, 0) is 41.5 Å². The van der Waals surface area contributed by atoms with E-state index in [1.807, 2.05) is 31.2 Å². The van der Waals surface area contributed by atoms with E-state index in [-0.39, 0.29) is 30.9 Å². The lowest BCUT2D eigenvalue weighted by atomic mass is 9.83. The van der Waals surface area contributed by atoms with E-state index in [1.165, 1.54) is 11.1 Å². The van der Waals surface area contributed by atoms with Gasteiger partial charge in [-0.25, -0.2) is 4.79 Å². The van der Waals surface area contributed by atoms with Crippen molar-refractivity contribution < 1.29 is 24.2 Å². The van der Waals surface area contributed by atoms with Gasteiger partial charge >= 0.3 is 12.1 Å². The number of ether oxygens (including phenoxy) is 1. The molecule has 2 amide bonds. The van der Waals surface area contributed by atoms with E-state index >= 15 is 0 Å². The molecule has 0 aliphatic heterocycles. The molecule has 1 saturated carbocycles. The van der Waals surface area contributed by atoms with Crippen molar-refractivity contribution in [2.24, 2.45) is 5.92 Å². The van der Waals surface area contributed by atoms with Gasteiger partial charge in [-0.3, -0.25) is 9.59 Å². The Hall–Kier alpha value is -3.35. The number of hydrogen-bond donors (Lipinski definition) is 3. The van der Waals surface area contributed by atoms with Crippen LogP contribution in [0.3, 0.4) is 0 Å². The average molecular weight is 465 g/mol. The summed E-state index contributed by atoms with van der Waals surface area (Å²) < 4.78 is 5.67. The van der Waals surface area contributed by atoms with Gasteiger partial charge in [0, 0.05) is 18.0 Å². The largest absolute Gasteiger partial charge is 0.481 e. The molecule has 3 unspecified atom stereocenters. The Morgan fingerprint density at radius 2 is 1.62 bits per heavy atom. The Kier molecular flexibility index (Phi) is 7.50. The fourth-order valence-corrected chi connectivity index (χ4v) is 5.23. The molecule has 34 heavy (non-hydrogen) atoms. The van der Waals surface area contributed by atoms with Gasteiger partial charge < -0.3 is 20.5 Å². The maximum absolute atomic E-state index is 12.9. The topological polar surface area (TPSA) is 105 Å². The van der Waals surface area contributed by atoms with Crippen LogP contribution in [0.5, 0.6) is 0 Å². The number of carboxylic acid groups (broad SMARTS) is 1. The third kappa shape index (κ3) is 5.24. The van der Waals surface area contributed by atoms with Gasteiger partial charge in [0.1, 0.15) is 6.61 Å². The van der Waals surface area contributed by atoms with Crippen LogP contribution in [0.1, 0.15) is 62.5 Å². The van der Waals surface area contributed by atoms with Crippen molar-refractivity contribution in [2.45, 2.75) is 63.5 Å². The number of aliphatic carboxylic acids is 1. The molecule has 0 saturated heterocycles. The second-order valence-corrected chi connectivity index (χ2v) is 9.18. The van der Waals surface area contributed by atoms with Crippen molar-refractivity contribution in [1.82, 2.24) is 10.6 Å². The molecule has 2 aromatic rings. The monoisotopic (exact) mass is 464 g/mol. The molecular weight excluding hydrogens is 432 g/mol. The van der Waals surface area contributed by atoms with E-state index in [0.29, 0.717) is 19.3 Å². The molecule has 7 heteroatoms. The summed E-state index contributed by atoms with van der Waals surface area (Å²) in [6, 6.07) is 15.6. The molecule has 3 atom stereocenters. The van der Waals surface area contributed by atoms with Crippen molar-refractivity contribution in [1.29, 1.82) is 0 Å². The van der Waals surface area contributed by atoms with Crippen LogP contribution in [0.25, 0.3) is 11.1 Å². The zero-order chi connectivity index (χ0) is 24.1. The number of carbonyl (C=O) groups excluding carboxylic acids is 2. The molecule has 0 bridgehead atoms. The summed E-state index contributed by atoms with van der Waals surface area (Å²) in [7, 11) is 0. The summed E-state index contributed by atoms with van der Waals surface area (Å²) in [6.45, 7) is 2.07. The standard InChI is InChI=1S/C27H32N2O5/c1-2-17(15-25(30)31)28-26(32)22-13-7-8-14-24(22)29-27(33)34-16-23-20-11-5-3-9-18(20)19-10-4-6-12-21(19)23/h3-6,9-12,17,22-24H,2,7-8,13-16H2,1H3,(H,28,32)(H,29,33)(H,30,31). The third-order valence-corrected chi connectivity index (χ3v) is 7.01. The fraction of sp³-hybridized carbons (Fsp3) is 0.444. The van der Waals surface area contributed by atoms with E-state index in [1.54, 1.807) is 0 Å². The fourth-order valence-electron chi connectivity index (χ4n) is 5.23. The Labute approximate surface area is 199 Å². The number of carboxylic acids is 1. The number of alkyl carbamates (subject to hydrolysis) is 1. The van der Waals surface area contributed by atoms with Crippen molar-refractivity contribution >= 4 is 18.0 Å². The highest BCUT2D eigenvalue weighted by Gasteiger charge is 2.34. The van der Waals surface area contributed by atoms with Gasteiger partial charge in [-0.15, -0.1) is 0 Å². The molecule has 4 rings (SSSR count). The van der Waals surface area contributed by atoms with Gasteiger partial charge in [0.2, 0.25) is 5.91 Å². The van der Waals surface area contributed by atoms with Crippen LogP contribution in [0, 0.1) is 5.92 Å². The molecule has 0 radical (unpaired) electrons. The molecule has 180 valence electrons. The maximum atomic E-state index is 12.9. The van der Waals surface area contributed by atoms with Gasteiger partial charge in [0.25, 0.3) is 0 Å². The summed E-state index contributed by atoms with van der Waals surface area (Å²) in [6.07, 6.45) is 3.07. The number of hydrogen-bond acceptors (Lipinski definition) is 4. The molecule has 2 aliphatic rings. The number of carbonyl (C=O) groups is 3. The lowest BCUT2D eigenvalue weighted by Crippen LogP contribution is -2.50. The first-order valence-corrected chi connectivity index (χ1v) is 12.1. The van der Waals surface area contributed by atoms with Crippen molar-refractivity contribution in [3.05, 3.63) is 59.7 Å². The number of amides is 2. The van der Waals surface area contributed by atoms with Crippen molar-refractivity contribution in [3.8, 4) is 11.1 Å². The Morgan fingerprint density at radius 3 is 2.24 bits per heavy atom. The smallest absolute Gasteiger partial charge is 0.407 e. The molecule has 3 N–H and O–H groups in total. The minimum atomic E-state index is -0.941. The lowest BCUT2D eigenvalue weighted by molar-refractivity contribution is -0.138. The SMILES string of the molecule is CCC(CC(=O)O)NC(=O)C1CCCCC1NC(=O)OCC1c2ccccc2-c2ccccc21. The van der Waals surface area contributed by atoms with E-state index in [9.17, 15) is 14.4 Å². The highest BCUT2D eigenvalue weighted by Crippen LogP contribution is 2.44. The number of fused-ring (bicyclic) bond motifs is 3. The highest BCUT2D eigenvalue weighted by atomic mass is 16.5. The maximum Gasteiger partial charge on any atom is 0.407 e. The van der Waals surface area contributed by atoms with Crippen LogP contribution < -0.4 is 10.6 Å². The van der Waals surface area contributed by atoms with Crippen LogP contribution in [-0.4, -0.2) is 41.8 Å². The van der Waals surface area contributed by atoms with E-state index in [2.05, 4.69) is 34.9 Å². The Balaban J connectivity index is 1.37. The molecule has 7 nitrogen and oxygen atoms in total. The van der Waals surface area contributed by atoms with Crippen LogP contribution in [0.15, 0.2) is 48.5 Å². The van der Waals surface area contributed by atoms with Crippen LogP contribution >= 0.6 is 0 Å². The van der Waals surface area contributed by atoms with Gasteiger partial charge in [-0.2, -0.15) is 0 Å². The zero-order valence-corrected chi connectivity index (χ0v) is 19.5. The summed E-state index contributed by atoms with van der Waals surface area (Å²) in [4.78, 5) is 36.7. The molecule has 1 fully saturated rings. The summed E-state index contributed by atoms with van der Waals surface area (Å²) in [5, 5.41) is 14.8. The minimum Gasteiger partial charge on any atom is -0.481 e. The first kappa shape index (κ1) is 23.8. The molecule has 0 aromatic heterocycles. The van der Waals surface area contributed by atoms with E-state index in [0.717, 1.165) is 24.0 Å². The molecule has 0 spiro atoms. The second-order valence-electron chi connectivity index (χ2n) is 9.18. The normalized spacial score (nSPS) is 20.0. The van der Waals surface area contributed by atoms with E-state index in [4.69, 9.17) is 9.84 Å². The van der Waals surface area contributed by atoms with Crippen molar-refractivity contribution in [3.63, 3.8) is 0 Å². The van der Waals surface area contributed by atoms with Crippen LogP contribution in [0.4, 0.5) is 4.79 Å². The molecular formula is C27H32N2O5. The Morgan fingerprint density at radius 1 is 1.00 bits per heavy atom. The van der Waals surface area contributed by atoms with Crippen LogP contribution in [-0.2, 0) is 14.3 Å². The van der Waals surface area contributed by atoms with E-state index < -0.39 is 24.0 Å². The highest BCUT2D eigenvalue weighted by molar-refractivity contribution is 5.82. The number of benzene rings is 2. The van der Waals surface area contributed by atoms with Gasteiger partial charge in [0.15, 0.2) is 0 Å². The molecule has 0 heterocycles. The number of rotatable bonds is 8. The van der Waals surface area contributed by atoms with Gasteiger partial charge in [0.05, 0.1) is 12.3 Å².